The average Bonchev–Trinajstić information content (AvgIpc) is 2.51. The lowest BCUT2D eigenvalue weighted by molar-refractivity contribution is 0.305. The van der Waals surface area contributed by atoms with Crippen molar-refractivity contribution in [2.24, 2.45) is 0 Å². The summed E-state index contributed by atoms with van der Waals surface area (Å²) < 4.78 is 7.27. The predicted octanol–water partition coefficient (Wildman–Crippen LogP) is 3.36. The van der Waals surface area contributed by atoms with Crippen LogP contribution in [0.25, 0.3) is 0 Å². The van der Waals surface area contributed by atoms with Crippen molar-refractivity contribution in [1.29, 1.82) is 0 Å². The molecule has 0 aliphatic carbocycles. The second kappa shape index (κ2) is 7.69. The van der Waals surface area contributed by atoms with E-state index in [9.17, 15) is 4.79 Å². The summed E-state index contributed by atoms with van der Waals surface area (Å²) in [6.07, 6.45) is 5.10. The SMILES string of the molecule is CCCCCOc1ccn(Cc2cccc(N)c2C)c(=O)c1. The second-order valence-corrected chi connectivity index (χ2v) is 5.52. The number of unbranched alkanes of at least 4 members (excludes halogenated alkanes) is 2. The first kappa shape index (κ1) is 16.1. The van der Waals surface area contributed by atoms with Crippen molar-refractivity contribution in [3.8, 4) is 5.75 Å². The van der Waals surface area contributed by atoms with E-state index in [2.05, 4.69) is 6.92 Å². The molecule has 0 bridgehead atoms. The van der Waals surface area contributed by atoms with Gasteiger partial charge in [0.05, 0.1) is 13.2 Å². The summed E-state index contributed by atoms with van der Waals surface area (Å²) in [6.45, 7) is 5.30. The fourth-order valence-corrected chi connectivity index (χ4v) is 2.31. The lowest BCUT2D eigenvalue weighted by Gasteiger charge is -2.11. The molecule has 0 radical (unpaired) electrons. The van der Waals surface area contributed by atoms with Gasteiger partial charge in [0.25, 0.3) is 5.56 Å². The van der Waals surface area contributed by atoms with Crippen molar-refractivity contribution in [3.63, 3.8) is 0 Å². The summed E-state index contributed by atoms with van der Waals surface area (Å²) >= 11 is 0. The topological polar surface area (TPSA) is 57.2 Å². The fraction of sp³-hybridized carbons (Fsp3) is 0.389. The third-order valence-electron chi connectivity index (χ3n) is 3.81. The number of pyridine rings is 1. The highest BCUT2D eigenvalue weighted by Crippen LogP contribution is 2.16. The van der Waals surface area contributed by atoms with Gasteiger partial charge in [-0.2, -0.15) is 0 Å². The molecule has 0 fully saturated rings. The molecule has 1 heterocycles. The van der Waals surface area contributed by atoms with Crippen LogP contribution in [0.15, 0.2) is 41.3 Å². The zero-order valence-electron chi connectivity index (χ0n) is 13.3. The smallest absolute Gasteiger partial charge is 0.254 e. The number of nitrogens with two attached hydrogens (primary N) is 1. The molecule has 0 saturated heterocycles. The molecule has 2 aromatic rings. The Bertz CT molecular complexity index is 677. The van der Waals surface area contributed by atoms with E-state index in [-0.39, 0.29) is 5.56 Å². The molecule has 0 saturated carbocycles. The van der Waals surface area contributed by atoms with Crippen LogP contribution in [0.5, 0.6) is 5.75 Å². The Hall–Kier alpha value is -2.23. The monoisotopic (exact) mass is 300 g/mol. The van der Waals surface area contributed by atoms with E-state index in [0.717, 1.165) is 36.1 Å². The van der Waals surface area contributed by atoms with Crippen LogP contribution in [0.2, 0.25) is 0 Å². The normalized spacial score (nSPS) is 10.6. The molecule has 0 atom stereocenters. The third-order valence-corrected chi connectivity index (χ3v) is 3.81. The number of rotatable bonds is 7. The first-order valence-corrected chi connectivity index (χ1v) is 7.79. The van der Waals surface area contributed by atoms with E-state index >= 15 is 0 Å². The van der Waals surface area contributed by atoms with Gasteiger partial charge in [-0.05, 0) is 36.6 Å². The van der Waals surface area contributed by atoms with Gasteiger partial charge < -0.3 is 15.0 Å². The molecule has 0 aliphatic heterocycles. The Morgan fingerprint density at radius 3 is 2.77 bits per heavy atom. The summed E-state index contributed by atoms with van der Waals surface area (Å²) in [4.78, 5) is 12.2. The van der Waals surface area contributed by atoms with Gasteiger partial charge in [-0.15, -0.1) is 0 Å². The third kappa shape index (κ3) is 4.13. The number of hydrogen-bond donors (Lipinski definition) is 1. The lowest BCUT2D eigenvalue weighted by atomic mass is 10.1. The second-order valence-electron chi connectivity index (χ2n) is 5.52. The van der Waals surface area contributed by atoms with Gasteiger partial charge >= 0.3 is 0 Å². The number of nitrogens with zero attached hydrogens (tertiary/aromatic N) is 1. The maximum absolute atomic E-state index is 12.2. The first-order valence-electron chi connectivity index (χ1n) is 7.79. The molecule has 2 N–H and O–H groups in total. The van der Waals surface area contributed by atoms with Crippen LogP contribution >= 0.6 is 0 Å². The Balaban J connectivity index is 2.07. The highest BCUT2D eigenvalue weighted by Gasteiger charge is 2.05. The van der Waals surface area contributed by atoms with Crippen molar-refractivity contribution < 1.29 is 4.74 Å². The molecular weight excluding hydrogens is 276 g/mol. The van der Waals surface area contributed by atoms with Gasteiger partial charge in [-0.1, -0.05) is 31.9 Å². The minimum absolute atomic E-state index is 0.0604. The van der Waals surface area contributed by atoms with Gasteiger partial charge in [-0.3, -0.25) is 4.79 Å². The molecule has 0 aliphatic rings. The Morgan fingerprint density at radius 1 is 1.23 bits per heavy atom. The van der Waals surface area contributed by atoms with Crippen molar-refractivity contribution in [2.45, 2.75) is 39.7 Å². The standard InChI is InChI=1S/C18H24N2O2/c1-3-4-5-11-22-16-9-10-20(18(21)12-16)13-15-7-6-8-17(19)14(15)2/h6-10,12H,3-5,11,13,19H2,1-2H3. The number of aromatic nitrogens is 1. The number of anilines is 1. The van der Waals surface area contributed by atoms with E-state index in [1.165, 1.54) is 0 Å². The minimum atomic E-state index is -0.0604. The highest BCUT2D eigenvalue weighted by molar-refractivity contribution is 5.50. The van der Waals surface area contributed by atoms with Gasteiger partial charge in [-0.25, -0.2) is 0 Å². The van der Waals surface area contributed by atoms with Crippen LogP contribution in [0.4, 0.5) is 5.69 Å². The summed E-state index contributed by atoms with van der Waals surface area (Å²) in [7, 11) is 0. The van der Waals surface area contributed by atoms with Crippen LogP contribution in [0.3, 0.4) is 0 Å². The molecule has 4 nitrogen and oxygen atoms in total. The molecule has 1 aromatic heterocycles. The molecule has 118 valence electrons. The minimum Gasteiger partial charge on any atom is -0.493 e. The van der Waals surface area contributed by atoms with Crippen LogP contribution < -0.4 is 16.0 Å². The largest absolute Gasteiger partial charge is 0.493 e. The lowest BCUT2D eigenvalue weighted by Crippen LogP contribution is -2.20. The molecule has 1 aromatic carbocycles. The van der Waals surface area contributed by atoms with E-state index in [1.807, 2.05) is 31.2 Å². The molecular formula is C18H24N2O2. The van der Waals surface area contributed by atoms with Crippen molar-refractivity contribution >= 4 is 5.69 Å². The quantitative estimate of drug-likeness (QED) is 0.630. The molecule has 22 heavy (non-hydrogen) atoms. The van der Waals surface area contributed by atoms with Crippen molar-refractivity contribution in [2.75, 3.05) is 12.3 Å². The summed E-state index contributed by atoms with van der Waals surface area (Å²) in [5, 5.41) is 0. The first-order chi connectivity index (χ1) is 10.6. The number of benzene rings is 1. The van der Waals surface area contributed by atoms with E-state index in [0.29, 0.717) is 18.9 Å². The maximum Gasteiger partial charge on any atom is 0.254 e. The van der Waals surface area contributed by atoms with E-state index in [4.69, 9.17) is 10.5 Å². The number of ether oxygens (including phenoxy) is 1. The van der Waals surface area contributed by atoms with E-state index in [1.54, 1.807) is 16.8 Å². The Kier molecular flexibility index (Phi) is 5.64. The highest BCUT2D eigenvalue weighted by atomic mass is 16.5. The zero-order chi connectivity index (χ0) is 15.9. The van der Waals surface area contributed by atoms with Crippen LogP contribution in [0, 0.1) is 6.92 Å². The molecule has 4 heteroatoms. The molecule has 0 unspecified atom stereocenters. The van der Waals surface area contributed by atoms with Crippen LogP contribution in [-0.4, -0.2) is 11.2 Å². The summed E-state index contributed by atoms with van der Waals surface area (Å²) in [5.74, 6) is 0.640. The van der Waals surface area contributed by atoms with Gasteiger partial charge in [0.2, 0.25) is 0 Å². The summed E-state index contributed by atoms with van der Waals surface area (Å²) in [5.41, 5.74) is 8.68. The fourth-order valence-electron chi connectivity index (χ4n) is 2.31. The van der Waals surface area contributed by atoms with Crippen LogP contribution in [0.1, 0.15) is 37.3 Å². The van der Waals surface area contributed by atoms with Gasteiger partial charge in [0.1, 0.15) is 5.75 Å². The predicted molar refractivity (Wildman–Crippen MR) is 90.4 cm³/mol. The maximum atomic E-state index is 12.2. The van der Waals surface area contributed by atoms with Gasteiger partial charge in [0.15, 0.2) is 0 Å². The Labute approximate surface area is 131 Å². The zero-order valence-corrected chi connectivity index (χ0v) is 13.3. The Morgan fingerprint density at radius 2 is 2.05 bits per heavy atom. The van der Waals surface area contributed by atoms with E-state index < -0.39 is 0 Å². The van der Waals surface area contributed by atoms with Gasteiger partial charge in [0, 0.05) is 18.0 Å². The number of nitrogen functional groups attached to an aromatic ring is 1. The van der Waals surface area contributed by atoms with Crippen molar-refractivity contribution in [1.82, 2.24) is 4.57 Å². The molecule has 2 rings (SSSR count). The molecule has 0 amide bonds. The molecule has 0 spiro atoms. The summed E-state index contributed by atoms with van der Waals surface area (Å²) in [6, 6.07) is 9.17. The average molecular weight is 300 g/mol. The number of hydrogen-bond acceptors (Lipinski definition) is 3. The van der Waals surface area contributed by atoms with Crippen molar-refractivity contribution in [3.05, 3.63) is 58.0 Å². The van der Waals surface area contributed by atoms with Crippen LogP contribution in [-0.2, 0) is 6.54 Å².